The summed E-state index contributed by atoms with van der Waals surface area (Å²) in [4.78, 5) is 12.1. The number of anilines is 1. The van der Waals surface area contributed by atoms with Gasteiger partial charge in [0.2, 0.25) is 0 Å². The van der Waals surface area contributed by atoms with Gasteiger partial charge in [0.05, 0.1) is 22.3 Å². The number of hydrazone groups is 1. The van der Waals surface area contributed by atoms with Crippen LogP contribution < -0.4 is 10.4 Å². The molecule has 1 N–H and O–H groups in total. The molecular weight excluding hydrogens is 332 g/mol. The Bertz CT molecular complexity index is 929. The van der Waals surface area contributed by atoms with Crippen LogP contribution in [0.5, 0.6) is 0 Å². The maximum Gasteiger partial charge on any atom is 0.269 e. The minimum Gasteiger partial charge on any atom is -0.297 e. The maximum absolute atomic E-state index is 10.7. The molecule has 0 saturated carbocycles. The summed E-state index contributed by atoms with van der Waals surface area (Å²) in [6.45, 7) is 5.79. The standard InChI is InChI=1S/C18H20N6O2/c1-3-22(4-2)23-18(16-7-5-6-8-17(16)21-23)13-19-20-14-9-11-15(12-10-14)24(25)26/h5-13,20H,3-4H2,1-2H3/b19-13+. The van der Waals surface area contributed by atoms with Gasteiger partial charge in [0.15, 0.2) is 0 Å². The first-order chi connectivity index (χ1) is 12.6. The fourth-order valence-corrected chi connectivity index (χ4v) is 2.70. The van der Waals surface area contributed by atoms with Crippen molar-refractivity contribution < 1.29 is 4.92 Å². The van der Waals surface area contributed by atoms with Gasteiger partial charge < -0.3 is 0 Å². The van der Waals surface area contributed by atoms with Gasteiger partial charge in [-0.2, -0.15) is 15.0 Å². The van der Waals surface area contributed by atoms with Gasteiger partial charge in [0.1, 0.15) is 5.69 Å². The van der Waals surface area contributed by atoms with Crippen molar-refractivity contribution in [3.8, 4) is 0 Å². The van der Waals surface area contributed by atoms with Crippen LogP contribution >= 0.6 is 0 Å². The zero-order valence-corrected chi connectivity index (χ0v) is 14.7. The van der Waals surface area contributed by atoms with Crippen molar-refractivity contribution in [1.82, 2.24) is 9.89 Å². The summed E-state index contributed by atoms with van der Waals surface area (Å²) in [5, 5.41) is 22.8. The lowest BCUT2D eigenvalue weighted by atomic mass is 10.2. The van der Waals surface area contributed by atoms with Crippen LogP contribution in [0.3, 0.4) is 0 Å². The number of hydrogen-bond acceptors (Lipinski definition) is 6. The van der Waals surface area contributed by atoms with Crippen LogP contribution in [0.4, 0.5) is 11.4 Å². The Morgan fingerprint density at radius 2 is 1.88 bits per heavy atom. The van der Waals surface area contributed by atoms with E-state index in [2.05, 4.69) is 34.5 Å². The number of nitro groups is 1. The van der Waals surface area contributed by atoms with Gasteiger partial charge in [-0.3, -0.25) is 20.5 Å². The number of nitrogens with zero attached hydrogens (tertiary/aromatic N) is 5. The summed E-state index contributed by atoms with van der Waals surface area (Å²) in [5.74, 6) is 0. The monoisotopic (exact) mass is 352 g/mol. The van der Waals surface area contributed by atoms with Crippen LogP contribution in [0.25, 0.3) is 10.9 Å². The molecule has 0 bridgehead atoms. The van der Waals surface area contributed by atoms with Gasteiger partial charge in [0, 0.05) is 30.6 Å². The highest BCUT2D eigenvalue weighted by atomic mass is 16.6. The molecule has 2 aromatic carbocycles. The fourth-order valence-electron chi connectivity index (χ4n) is 2.70. The second-order valence-electron chi connectivity index (χ2n) is 5.60. The summed E-state index contributed by atoms with van der Waals surface area (Å²) in [7, 11) is 0. The van der Waals surface area contributed by atoms with Gasteiger partial charge in [0.25, 0.3) is 5.69 Å². The Hall–Kier alpha value is -3.42. The molecule has 0 saturated heterocycles. The molecule has 0 aliphatic heterocycles. The van der Waals surface area contributed by atoms with Gasteiger partial charge in [-0.05, 0) is 32.0 Å². The fraction of sp³-hybridized carbons (Fsp3) is 0.222. The lowest BCUT2D eigenvalue weighted by molar-refractivity contribution is -0.384. The van der Waals surface area contributed by atoms with E-state index in [1.54, 1.807) is 18.3 Å². The second-order valence-corrected chi connectivity index (χ2v) is 5.60. The number of rotatable bonds is 7. The number of non-ortho nitro benzene ring substituents is 1. The molecule has 8 nitrogen and oxygen atoms in total. The van der Waals surface area contributed by atoms with Gasteiger partial charge in [-0.25, -0.2) is 0 Å². The molecule has 0 unspecified atom stereocenters. The molecule has 0 fully saturated rings. The molecule has 0 aliphatic carbocycles. The Kier molecular flexibility index (Phi) is 5.12. The SMILES string of the molecule is CCN(CC)n1nc2ccccc2c1/C=N/Nc1ccc([N+](=O)[O-])cc1. The van der Waals surface area contributed by atoms with Gasteiger partial charge >= 0.3 is 0 Å². The lowest BCUT2D eigenvalue weighted by Gasteiger charge is -2.22. The van der Waals surface area contributed by atoms with E-state index in [9.17, 15) is 10.1 Å². The summed E-state index contributed by atoms with van der Waals surface area (Å²) < 4.78 is 0. The van der Waals surface area contributed by atoms with E-state index in [1.807, 2.05) is 29.1 Å². The molecular formula is C18H20N6O2. The highest BCUT2D eigenvalue weighted by Crippen LogP contribution is 2.18. The maximum atomic E-state index is 10.7. The van der Waals surface area contributed by atoms with E-state index in [0.29, 0.717) is 5.69 Å². The quantitative estimate of drug-likeness (QED) is 0.400. The molecule has 1 aromatic heterocycles. The van der Waals surface area contributed by atoms with E-state index in [0.717, 1.165) is 29.7 Å². The Morgan fingerprint density at radius 1 is 1.19 bits per heavy atom. The number of hydrogen-bond donors (Lipinski definition) is 1. The van der Waals surface area contributed by atoms with Crippen LogP contribution in [0, 0.1) is 10.1 Å². The van der Waals surface area contributed by atoms with Crippen molar-refractivity contribution in [2.75, 3.05) is 23.5 Å². The van der Waals surface area contributed by atoms with Crippen LogP contribution in [-0.2, 0) is 0 Å². The van der Waals surface area contributed by atoms with E-state index in [4.69, 9.17) is 0 Å². The molecule has 0 radical (unpaired) electrons. The first-order valence-electron chi connectivity index (χ1n) is 8.40. The van der Waals surface area contributed by atoms with E-state index in [1.165, 1.54) is 12.1 Å². The Labute approximate surface area is 150 Å². The topological polar surface area (TPSA) is 88.6 Å². The predicted octanol–water partition coefficient (Wildman–Crippen LogP) is 3.37. The minimum atomic E-state index is -0.429. The number of aromatic nitrogens is 2. The highest BCUT2D eigenvalue weighted by Gasteiger charge is 2.12. The van der Waals surface area contributed by atoms with Gasteiger partial charge in [-0.1, -0.05) is 18.2 Å². The molecule has 1 heterocycles. The predicted molar refractivity (Wildman–Crippen MR) is 103 cm³/mol. The number of nitro benzene ring substituents is 1. The molecule has 134 valence electrons. The first kappa shape index (κ1) is 17.4. The lowest BCUT2D eigenvalue weighted by Crippen LogP contribution is -2.36. The van der Waals surface area contributed by atoms with Gasteiger partial charge in [-0.15, -0.1) is 0 Å². The van der Waals surface area contributed by atoms with E-state index < -0.39 is 4.92 Å². The molecule has 3 aromatic rings. The number of fused-ring (bicyclic) bond motifs is 1. The largest absolute Gasteiger partial charge is 0.297 e. The second kappa shape index (κ2) is 7.64. The smallest absolute Gasteiger partial charge is 0.269 e. The summed E-state index contributed by atoms with van der Waals surface area (Å²) in [5.41, 5.74) is 5.39. The van der Waals surface area contributed by atoms with Crippen molar-refractivity contribution in [3.05, 3.63) is 64.3 Å². The van der Waals surface area contributed by atoms with Crippen LogP contribution in [-0.4, -0.2) is 34.1 Å². The first-order valence-corrected chi connectivity index (χ1v) is 8.40. The third kappa shape index (κ3) is 3.49. The normalized spacial score (nSPS) is 11.2. The molecule has 3 rings (SSSR count). The molecule has 0 amide bonds. The van der Waals surface area contributed by atoms with Crippen molar-refractivity contribution in [2.24, 2.45) is 5.10 Å². The highest BCUT2D eigenvalue weighted by molar-refractivity contribution is 5.97. The average Bonchev–Trinajstić information content (AvgIpc) is 3.02. The Balaban J connectivity index is 1.88. The molecule has 8 heteroatoms. The number of nitrogens with one attached hydrogen (secondary N) is 1. The minimum absolute atomic E-state index is 0.0464. The van der Waals surface area contributed by atoms with E-state index >= 15 is 0 Å². The number of benzene rings is 2. The summed E-state index contributed by atoms with van der Waals surface area (Å²) in [6.07, 6.45) is 1.72. The van der Waals surface area contributed by atoms with Crippen LogP contribution in [0.1, 0.15) is 19.5 Å². The third-order valence-electron chi connectivity index (χ3n) is 4.05. The van der Waals surface area contributed by atoms with Crippen LogP contribution in [0.2, 0.25) is 0 Å². The van der Waals surface area contributed by atoms with E-state index in [-0.39, 0.29) is 5.69 Å². The Morgan fingerprint density at radius 3 is 2.54 bits per heavy atom. The zero-order chi connectivity index (χ0) is 18.5. The van der Waals surface area contributed by atoms with Crippen LogP contribution in [0.15, 0.2) is 53.6 Å². The molecule has 0 atom stereocenters. The summed E-state index contributed by atoms with van der Waals surface area (Å²) >= 11 is 0. The van der Waals surface area contributed by atoms with Crippen molar-refractivity contribution in [2.45, 2.75) is 13.8 Å². The molecule has 26 heavy (non-hydrogen) atoms. The summed E-state index contributed by atoms with van der Waals surface area (Å²) in [6, 6.07) is 14.0. The molecule has 0 spiro atoms. The average molecular weight is 352 g/mol. The zero-order valence-electron chi connectivity index (χ0n) is 14.7. The van der Waals surface area contributed by atoms with Crippen molar-refractivity contribution >= 4 is 28.5 Å². The van der Waals surface area contributed by atoms with Crippen molar-refractivity contribution in [3.63, 3.8) is 0 Å². The molecule has 0 aliphatic rings. The van der Waals surface area contributed by atoms with Crippen molar-refractivity contribution in [1.29, 1.82) is 0 Å². The third-order valence-corrected chi connectivity index (χ3v) is 4.05.